The first-order chi connectivity index (χ1) is 8.30. The van der Waals surface area contributed by atoms with Crippen LogP contribution in [0.1, 0.15) is 18.3 Å². The summed E-state index contributed by atoms with van der Waals surface area (Å²) in [4.78, 5) is 4.36. The average Bonchev–Trinajstić information content (AvgIpc) is 2.23. The molecule has 0 aromatic carbocycles. The molecule has 102 valence electrons. The molecule has 0 saturated heterocycles. The Morgan fingerprint density at radius 1 is 1.44 bits per heavy atom. The Balaban J connectivity index is 2.60. The summed E-state index contributed by atoms with van der Waals surface area (Å²) >= 11 is 0. The molecule has 1 heterocycles. The standard InChI is InChI=1S/C12H20N2O3S/c1-9-5-12(17-3)6-11(14-9)7-13-10(2)8-18(4,15)16/h5-6,10,13H,7-8H2,1-4H3. The largest absolute Gasteiger partial charge is 0.497 e. The summed E-state index contributed by atoms with van der Waals surface area (Å²) in [6.45, 7) is 4.26. The van der Waals surface area contributed by atoms with Gasteiger partial charge in [-0.1, -0.05) is 0 Å². The van der Waals surface area contributed by atoms with E-state index in [2.05, 4.69) is 10.3 Å². The molecule has 0 saturated carbocycles. The van der Waals surface area contributed by atoms with Crippen LogP contribution in [0.3, 0.4) is 0 Å². The van der Waals surface area contributed by atoms with Crippen molar-refractivity contribution in [3.63, 3.8) is 0 Å². The lowest BCUT2D eigenvalue weighted by atomic mass is 10.2. The van der Waals surface area contributed by atoms with Crippen molar-refractivity contribution < 1.29 is 13.2 Å². The molecule has 0 aliphatic heterocycles. The molecule has 1 rings (SSSR count). The maximum atomic E-state index is 11.1. The lowest BCUT2D eigenvalue weighted by molar-refractivity contribution is 0.412. The van der Waals surface area contributed by atoms with Gasteiger partial charge in [-0.3, -0.25) is 4.98 Å². The van der Waals surface area contributed by atoms with Crippen LogP contribution in [0.15, 0.2) is 12.1 Å². The highest BCUT2D eigenvalue weighted by molar-refractivity contribution is 7.90. The van der Waals surface area contributed by atoms with Crippen LogP contribution in [-0.2, 0) is 16.4 Å². The first-order valence-corrected chi connectivity index (χ1v) is 7.79. The lowest BCUT2D eigenvalue weighted by Gasteiger charge is -2.13. The third-order valence-electron chi connectivity index (χ3n) is 2.40. The fourth-order valence-electron chi connectivity index (χ4n) is 1.70. The van der Waals surface area contributed by atoms with E-state index in [9.17, 15) is 8.42 Å². The SMILES string of the molecule is COc1cc(C)nc(CNC(C)CS(C)(=O)=O)c1. The number of hydrogen-bond acceptors (Lipinski definition) is 5. The summed E-state index contributed by atoms with van der Waals surface area (Å²) < 4.78 is 27.4. The highest BCUT2D eigenvalue weighted by Crippen LogP contribution is 2.13. The molecule has 0 amide bonds. The zero-order chi connectivity index (χ0) is 13.8. The smallest absolute Gasteiger partial charge is 0.148 e. The summed E-state index contributed by atoms with van der Waals surface area (Å²) in [6, 6.07) is 3.59. The number of nitrogens with zero attached hydrogens (tertiary/aromatic N) is 1. The molecule has 1 unspecified atom stereocenters. The molecular weight excluding hydrogens is 252 g/mol. The Labute approximate surface area is 108 Å². The van der Waals surface area contributed by atoms with Gasteiger partial charge in [-0.05, 0) is 13.8 Å². The molecule has 6 heteroatoms. The Hall–Kier alpha value is -1.14. The number of aryl methyl sites for hydroxylation is 1. The Kier molecular flexibility index (Phi) is 5.10. The van der Waals surface area contributed by atoms with Gasteiger partial charge in [0.15, 0.2) is 0 Å². The number of ether oxygens (including phenoxy) is 1. The zero-order valence-electron chi connectivity index (χ0n) is 11.2. The topological polar surface area (TPSA) is 68.3 Å². The van der Waals surface area contributed by atoms with Gasteiger partial charge in [0.05, 0.1) is 18.6 Å². The van der Waals surface area contributed by atoms with Crippen molar-refractivity contribution in [2.45, 2.75) is 26.4 Å². The number of hydrogen-bond donors (Lipinski definition) is 1. The van der Waals surface area contributed by atoms with Crippen molar-refractivity contribution in [2.24, 2.45) is 0 Å². The first kappa shape index (κ1) is 14.9. The predicted octanol–water partition coefficient (Wildman–Crippen LogP) is 0.921. The maximum Gasteiger partial charge on any atom is 0.148 e. The molecule has 1 aromatic rings. The van der Waals surface area contributed by atoms with E-state index in [1.165, 1.54) is 6.26 Å². The molecule has 5 nitrogen and oxygen atoms in total. The van der Waals surface area contributed by atoms with E-state index < -0.39 is 9.84 Å². The molecular formula is C12H20N2O3S. The average molecular weight is 272 g/mol. The van der Waals surface area contributed by atoms with Crippen molar-refractivity contribution >= 4 is 9.84 Å². The van der Waals surface area contributed by atoms with Gasteiger partial charge in [0.25, 0.3) is 0 Å². The highest BCUT2D eigenvalue weighted by Gasteiger charge is 2.10. The van der Waals surface area contributed by atoms with Crippen LogP contribution in [0.4, 0.5) is 0 Å². The van der Waals surface area contributed by atoms with Gasteiger partial charge in [0.2, 0.25) is 0 Å². The number of pyridine rings is 1. The molecule has 1 aromatic heterocycles. The Bertz CT molecular complexity index is 500. The first-order valence-electron chi connectivity index (χ1n) is 5.73. The van der Waals surface area contributed by atoms with E-state index in [-0.39, 0.29) is 11.8 Å². The van der Waals surface area contributed by atoms with Crippen molar-refractivity contribution in [1.82, 2.24) is 10.3 Å². The maximum absolute atomic E-state index is 11.1. The van der Waals surface area contributed by atoms with Crippen molar-refractivity contribution in [1.29, 1.82) is 0 Å². The summed E-state index contributed by atoms with van der Waals surface area (Å²) in [5.74, 6) is 0.880. The third kappa shape index (κ3) is 5.46. The van der Waals surface area contributed by atoms with Crippen molar-refractivity contribution in [3.05, 3.63) is 23.5 Å². The van der Waals surface area contributed by atoms with E-state index in [0.29, 0.717) is 6.54 Å². The minimum absolute atomic E-state index is 0.103. The minimum Gasteiger partial charge on any atom is -0.497 e. The van der Waals surface area contributed by atoms with Crippen LogP contribution < -0.4 is 10.1 Å². The second-order valence-corrected chi connectivity index (χ2v) is 6.70. The number of nitrogens with one attached hydrogen (secondary N) is 1. The van der Waals surface area contributed by atoms with Gasteiger partial charge < -0.3 is 10.1 Å². The fraction of sp³-hybridized carbons (Fsp3) is 0.583. The quantitative estimate of drug-likeness (QED) is 0.834. The number of sulfone groups is 1. The number of methoxy groups -OCH3 is 1. The van der Waals surface area contributed by atoms with Crippen LogP contribution in [0.25, 0.3) is 0 Å². The second kappa shape index (κ2) is 6.15. The molecule has 0 aliphatic rings. The van der Waals surface area contributed by atoms with Crippen LogP contribution in [-0.4, -0.2) is 38.6 Å². The van der Waals surface area contributed by atoms with Crippen LogP contribution >= 0.6 is 0 Å². The molecule has 1 atom stereocenters. The van der Waals surface area contributed by atoms with Gasteiger partial charge in [-0.25, -0.2) is 8.42 Å². The normalized spacial score (nSPS) is 13.3. The zero-order valence-corrected chi connectivity index (χ0v) is 12.0. The van der Waals surface area contributed by atoms with Crippen LogP contribution in [0, 0.1) is 6.92 Å². The van der Waals surface area contributed by atoms with E-state index in [1.54, 1.807) is 7.11 Å². The third-order valence-corrected chi connectivity index (χ3v) is 3.51. The highest BCUT2D eigenvalue weighted by atomic mass is 32.2. The van der Waals surface area contributed by atoms with Gasteiger partial charge in [0.1, 0.15) is 15.6 Å². The lowest BCUT2D eigenvalue weighted by Crippen LogP contribution is -2.32. The molecule has 0 aliphatic carbocycles. The van der Waals surface area contributed by atoms with E-state index >= 15 is 0 Å². The molecule has 0 spiro atoms. The molecule has 0 bridgehead atoms. The van der Waals surface area contributed by atoms with Gasteiger partial charge >= 0.3 is 0 Å². The Morgan fingerprint density at radius 3 is 2.67 bits per heavy atom. The molecule has 18 heavy (non-hydrogen) atoms. The summed E-state index contributed by atoms with van der Waals surface area (Å²) in [5.41, 5.74) is 1.72. The molecule has 0 fully saturated rings. The van der Waals surface area contributed by atoms with E-state index in [0.717, 1.165) is 17.1 Å². The van der Waals surface area contributed by atoms with E-state index in [1.807, 2.05) is 26.0 Å². The second-order valence-electron chi connectivity index (χ2n) is 4.51. The fourth-order valence-corrected chi connectivity index (χ4v) is 2.73. The predicted molar refractivity (Wildman–Crippen MR) is 71.5 cm³/mol. The summed E-state index contributed by atoms with van der Waals surface area (Å²) in [7, 11) is -1.35. The van der Waals surface area contributed by atoms with Gasteiger partial charge in [-0.15, -0.1) is 0 Å². The monoisotopic (exact) mass is 272 g/mol. The summed E-state index contributed by atoms with van der Waals surface area (Å²) in [6.07, 6.45) is 1.24. The Morgan fingerprint density at radius 2 is 2.11 bits per heavy atom. The van der Waals surface area contributed by atoms with Gasteiger partial charge in [0, 0.05) is 36.7 Å². The molecule has 1 N–H and O–H groups in total. The summed E-state index contributed by atoms with van der Waals surface area (Å²) in [5, 5.41) is 3.14. The molecule has 0 radical (unpaired) electrons. The minimum atomic E-state index is -2.96. The van der Waals surface area contributed by atoms with Crippen molar-refractivity contribution in [3.8, 4) is 5.75 Å². The van der Waals surface area contributed by atoms with E-state index in [4.69, 9.17) is 4.74 Å². The van der Waals surface area contributed by atoms with Crippen molar-refractivity contribution in [2.75, 3.05) is 19.1 Å². The van der Waals surface area contributed by atoms with Gasteiger partial charge in [-0.2, -0.15) is 0 Å². The van der Waals surface area contributed by atoms with Crippen LogP contribution in [0.2, 0.25) is 0 Å². The van der Waals surface area contributed by atoms with Crippen LogP contribution in [0.5, 0.6) is 5.75 Å². The number of aromatic nitrogens is 1. The number of rotatable bonds is 6.